The van der Waals surface area contributed by atoms with Crippen LogP contribution in [0.2, 0.25) is 5.02 Å². The summed E-state index contributed by atoms with van der Waals surface area (Å²) in [5.74, 6) is -1.15. The molecule has 0 bridgehead atoms. The van der Waals surface area contributed by atoms with Crippen LogP contribution in [-0.2, 0) is 4.79 Å². The highest BCUT2D eigenvalue weighted by molar-refractivity contribution is 6.31. The number of aromatic hydroxyl groups is 1. The fraction of sp³-hybridized carbons (Fsp3) is 0.200. The Morgan fingerprint density at radius 2 is 2.06 bits per heavy atom. The molecule has 0 radical (unpaired) electrons. The average Bonchev–Trinajstić information content (AvgIpc) is 2.28. The van der Waals surface area contributed by atoms with Gasteiger partial charge in [-0.3, -0.25) is 20.4 Å². The normalized spacial score (nSPS) is 9.62. The van der Waals surface area contributed by atoms with E-state index in [0.717, 1.165) is 0 Å². The molecule has 0 atom stereocenters. The fourth-order valence-electron chi connectivity index (χ4n) is 0.972. The Kier molecular flexibility index (Phi) is 4.13. The van der Waals surface area contributed by atoms with Gasteiger partial charge in [0, 0.05) is 11.4 Å². The lowest BCUT2D eigenvalue weighted by Gasteiger charge is -2.07. The second-order valence-corrected chi connectivity index (χ2v) is 3.45. The molecule has 0 aliphatic carbocycles. The van der Waals surface area contributed by atoms with E-state index in [2.05, 4.69) is 10.9 Å². The zero-order valence-corrected chi connectivity index (χ0v) is 9.34. The second kappa shape index (κ2) is 5.37. The molecule has 16 heavy (non-hydrogen) atoms. The molecule has 1 aromatic carbocycles. The van der Waals surface area contributed by atoms with Gasteiger partial charge in [-0.1, -0.05) is 18.5 Å². The van der Waals surface area contributed by atoms with Gasteiger partial charge in [-0.05, 0) is 18.2 Å². The summed E-state index contributed by atoms with van der Waals surface area (Å²) < 4.78 is 0. The third-order valence-electron chi connectivity index (χ3n) is 1.84. The monoisotopic (exact) mass is 242 g/mol. The minimum Gasteiger partial charge on any atom is -0.507 e. The average molecular weight is 243 g/mol. The second-order valence-electron chi connectivity index (χ2n) is 3.02. The Hall–Kier alpha value is -1.75. The van der Waals surface area contributed by atoms with Crippen molar-refractivity contribution in [2.75, 3.05) is 0 Å². The molecule has 0 aliphatic rings. The molecular weight excluding hydrogens is 232 g/mol. The summed E-state index contributed by atoms with van der Waals surface area (Å²) in [4.78, 5) is 22.4. The molecule has 0 saturated heterocycles. The third-order valence-corrected chi connectivity index (χ3v) is 2.07. The van der Waals surface area contributed by atoms with Crippen molar-refractivity contribution >= 4 is 23.4 Å². The molecule has 2 amide bonds. The molecular formula is C10H11ClN2O3. The standard InChI is InChI=1S/C10H11ClN2O3/c1-2-9(15)12-13-10(16)7-5-6(11)3-4-8(7)14/h3-5,14H,2H2,1H3,(H,12,15)(H,13,16). The summed E-state index contributed by atoms with van der Waals surface area (Å²) in [6.07, 6.45) is 0.252. The SMILES string of the molecule is CCC(=O)NNC(=O)c1cc(Cl)ccc1O. The van der Waals surface area contributed by atoms with Gasteiger partial charge >= 0.3 is 0 Å². The molecule has 5 nitrogen and oxygen atoms in total. The molecule has 6 heteroatoms. The molecule has 0 heterocycles. The van der Waals surface area contributed by atoms with Gasteiger partial charge < -0.3 is 5.11 Å². The minimum atomic E-state index is -0.623. The zero-order chi connectivity index (χ0) is 12.1. The fourth-order valence-corrected chi connectivity index (χ4v) is 1.14. The summed E-state index contributed by atoms with van der Waals surface area (Å²) in [6, 6.07) is 4.07. The first kappa shape index (κ1) is 12.3. The number of benzene rings is 1. The Bertz CT molecular complexity index is 421. The van der Waals surface area contributed by atoms with Crippen LogP contribution in [0.4, 0.5) is 0 Å². The van der Waals surface area contributed by atoms with Gasteiger partial charge in [-0.25, -0.2) is 0 Å². The van der Waals surface area contributed by atoms with Crippen molar-refractivity contribution in [1.29, 1.82) is 0 Å². The van der Waals surface area contributed by atoms with Crippen LogP contribution >= 0.6 is 11.6 Å². The van der Waals surface area contributed by atoms with Crippen molar-refractivity contribution in [1.82, 2.24) is 10.9 Å². The van der Waals surface area contributed by atoms with E-state index in [-0.39, 0.29) is 23.6 Å². The Balaban J connectivity index is 2.73. The van der Waals surface area contributed by atoms with Gasteiger partial charge in [0.1, 0.15) is 5.75 Å². The van der Waals surface area contributed by atoms with Crippen LogP contribution in [0.5, 0.6) is 5.75 Å². The molecule has 0 saturated carbocycles. The van der Waals surface area contributed by atoms with E-state index in [9.17, 15) is 14.7 Å². The van der Waals surface area contributed by atoms with Crippen LogP contribution in [0.1, 0.15) is 23.7 Å². The predicted octanol–water partition coefficient (Wildman–Crippen LogP) is 1.22. The quantitative estimate of drug-likeness (QED) is 0.683. The van der Waals surface area contributed by atoms with E-state index >= 15 is 0 Å². The molecule has 3 N–H and O–H groups in total. The van der Waals surface area contributed by atoms with Crippen molar-refractivity contribution < 1.29 is 14.7 Å². The minimum absolute atomic E-state index is 0.00361. The molecule has 0 unspecified atom stereocenters. The van der Waals surface area contributed by atoms with Crippen molar-refractivity contribution in [2.24, 2.45) is 0 Å². The van der Waals surface area contributed by atoms with E-state index in [1.165, 1.54) is 18.2 Å². The smallest absolute Gasteiger partial charge is 0.273 e. The summed E-state index contributed by atoms with van der Waals surface area (Å²) in [6.45, 7) is 1.65. The maximum absolute atomic E-state index is 11.5. The number of hydrogen-bond donors (Lipinski definition) is 3. The summed E-state index contributed by atoms with van der Waals surface area (Å²) >= 11 is 5.67. The molecule has 86 valence electrons. The number of phenols is 1. The van der Waals surface area contributed by atoms with Crippen molar-refractivity contribution in [3.8, 4) is 5.75 Å². The van der Waals surface area contributed by atoms with Crippen LogP contribution < -0.4 is 10.9 Å². The molecule has 0 spiro atoms. The first-order valence-electron chi connectivity index (χ1n) is 4.62. The number of hydrogen-bond acceptors (Lipinski definition) is 3. The van der Waals surface area contributed by atoms with Gasteiger partial charge in [-0.15, -0.1) is 0 Å². The van der Waals surface area contributed by atoms with Crippen LogP contribution in [-0.4, -0.2) is 16.9 Å². The van der Waals surface area contributed by atoms with Gasteiger partial charge in [0.05, 0.1) is 5.56 Å². The summed E-state index contributed by atoms with van der Waals surface area (Å²) in [5, 5.41) is 9.72. The topological polar surface area (TPSA) is 78.4 Å². The Labute approximate surface area is 97.4 Å². The van der Waals surface area contributed by atoms with E-state index < -0.39 is 5.91 Å². The molecule has 0 aliphatic heterocycles. The summed E-state index contributed by atoms with van der Waals surface area (Å²) in [7, 11) is 0. The largest absolute Gasteiger partial charge is 0.507 e. The lowest BCUT2D eigenvalue weighted by Crippen LogP contribution is -2.41. The van der Waals surface area contributed by atoms with E-state index in [1.54, 1.807) is 6.92 Å². The number of amides is 2. The molecule has 1 rings (SSSR count). The Morgan fingerprint density at radius 1 is 1.38 bits per heavy atom. The number of phenolic OH excluding ortho intramolecular Hbond substituents is 1. The highest BCUT2D eigenvalue weighted by Gasteiger charge is 2.11. The highest BCUT2D eigenvalue weighted by Crippen LogP contribution is 2.20. The van der Waals surface area contributed by atoms with Crippen molar-refractivity contribution in [3.05, 3.63) is 28.8 Å². The number of nitrogens with one attached hydrogen (secondary N) is 2. The van der Waals surface area contributed by atoms with Crippen LogP contribution in [0.3, 0.4) is 0 Å². The first-order chi connectivity index (χ1) is 7.54. The first-order valence-corrected chi connectivity index (χ1v) is 5.00. The molecule has 0 fully saturated rings. The van der Waals surface area contributed by atoms with Gasteiger partial charge in [-0.2, -0.15) is 0 Å². The lowest BCUT2D eigenvalue weighted by molar-refractivity contribution is -0.121. The van der Waals surface area contributed by atoms with Crippen LogP contribution in [0.25, 0.3) is 0 Å². The van der Waals surface area contributed by atoms with Gasteiger partial charge in [0.25, 0.3) is 5.91 Å². The number of carbonyl (C=O) groups is 2. The third kappa shape index (κ3) is 3.13. The molecule has 0 aromatic heterocycles. The maximum atomic E-state index is 11.5. The van der Waals surface area contributed by atoms with Crippen molar-refractivity contribution in [2.45, 2.75) is 13.3 Å². The van der Waals surface area contributed by atoms with Gasteiger partial charge in [0.15, 0.2) is 0 Å². The Morgan fingerprint density at radius 3 is 2.69 bits per heavy atom. The van der Waals surface area contributed by atoms with E-state index in [0.29, 0.717) is 5.02 Å². The van der Waals surface area contributed by atoms with Crippen molar-refractivity contribution in [3.63, 3.8) is 0 Å². The maximum Gasteiger partial charge on any atom is 0.273 e. The van der Waals surface area contributed by atoms with E-state index in [4.69, 9.17) is 11.6 Å². The lowest BCUT2D eigenvalue weighted by atomic mass is 10.2. The zero-order valence-electron chi connectivity index (χ0n) is 8.58. The molecule has 1 aromatic rings. The summed E-state index contributed by atoms with van der Waals surface area (Å²) in [5.41, 5.74) is 4.35. The van der Waals surface area contributed by atoms with Crippen LogP contribution in [0.15, 0.2) is 18.2 Å². The number of hydrazine groups is 1. The van der Waals surface area contributed by atoms with E-state index in [1.807, 2.05) is 0 Å². The highest BCUT2D eigenvalue weighted by atomic mass is 35.5. The van der Waals surface area contributed by atoms with Gasteiger partial charge in [0.2, 0.25) is 5.91 Å². The van der Waals surface area contributed by atoms with Crippen LogP contribution in [0, 0.1) is 0 Å². The number of rotatable bonds is 2. The predicted molar refractivity (Wildman–Crippen MR) is 59.0 cm³/mol. The number of halogens is 1. The number of carbonyl (C=O) groups excluding carboxylic acids is 2.